The molecule has 0 bridgehead atoms. The molecule has 4 heteroatoms. The molecular weight excluding hydrogens is 228 g/mol. The predicted octanol–water partition coefficient (Wildman–Crippen LogP) is 2.75. The minimum atomic E-state index is -0.627. The Bertz CT molecular complexity index is 276. The van der Waals surface area contributed by atoms with Crippen LogP contribution in [0.2, 0.25) is 0 Å². The maximum Gasteiger partial charge on any atom is 0.132 e. The number of hydrogen-bond donors (Lipinski definition) is 1. The van der Waals surface area contributed by atoms with Crippen molar-refractivity contribution in [3.05, 3.63) is 33.8 Å². The van der Waals surface area contributed by atoms with E-state index in [2.05, 4.69) is 15.9 Å². The summed E-state index contributed by atoms with van der Waals surface area (Å²) in [6.45, 7) is 1.54. The molecule has 1 atom stereocenters. The standard InChI is InChI=1S/C8H8BrF2N/c1-4(12)8-6(10)2-5(9)3-7(8)11/h2-4H,12H2,1H3. The Morgan fingerprint density at radius 3 is 2.08 bits per heavy atom. The van der Waals surface area contributed by atoms with E-state index >= 15 is 0 Å². The number of hydrogen-bond acceptors (Lipinski definition) is 1. The summed E-state index contributed by atoms with van der Waals surface area (Å²) in [6.07, 6.45) is 0. The van der Waals surface area contributed by atoms with Crippen LogP contribution >= 0.6 is 15.9 Å². The largest absolute Gasteiger partial charge is 0.324 e. The number of rotatable bonds is 1. The molecule has 0 aliphatic heterocycles. The molecule has 0 aliphatic rings. The van der Waals surface area contributed by atoms with Crippen molar-refractivity contribution in [2.75, 3.05) is 0 Å². The van der Waals surface area contributed by atoms with E-state index in [1.807, 2.05) is 0 Å². The van der Waals surface area contributed by atoms with Crippen LogP contribution in [0.15, 0.2) is 16.6 Å². The highest BCUT2D eigenvalue weighted by molar-refractivity contribution is 9.10. The van der Waals surface area contributed by atoms with Gasteiger partial charge in [0.1, 0.15) is 11.6 Å². The molecule has 66 valence electrons. The topological polar surface area (TPSA) is 26.0 Å². The highest BCUT2D eigenvalue weighted by Crippen LogP contribution is 2.23. The van der Waals surface area contributed by atoms with Gasteiger partial charge < -0.3 is 5.73 Å². The number of halogens is 3. The van der Waals surface area contributed by atoms with Crippen LogP contribution < -0.4 is 5.73 Å². The molecule has 1 unspecified atom stereocenters. The van der Waals surface area contributed by atoms with Crippen LogP contribution in [0.5, 0.6) is 0 Å². The van der Waals surface area contributed by atoms with Crippen molar-refractivity contribution in [1.29, 1.82) is 0 Å². The molecule has 0 amide bonds. The third kappa shape index (κ3) is 1.81. The molecule has 0 radical (unpaired) electrons. The second-order valence-electron chi connectivity index (χ2n) is 2.57. The molecule has 1 nitrogen and oxygen atoms in total. The first kappa shape index (κ1) is 9.61. The Balaban J connectivity index is 3.28. The molecule has 0 heterocycles. The fourth-order valence-electron chi connectivity index (χ4n) is 0.988. The zero-order chi connectivity index (χ0) is 9.30. The molecule has 0 fully saturated rings. The van der Waals surface area contributed by atoms with Crippen LogP contribution in [0.4, 0.5) is 8.78 Å². The molecular formula is C8H8BrF2N. The van der Waals surface area contributed by atoms with E-state index in [1.54, 1.807) is 0 Å². The van der Waals surface area contributed by atoms with E-state index in [0.29, 0.717) is 4.47 Å². The first-order valence-corrected chi connectivity index (χ1v) is 4.21. The Morgan fingerprint density at radius 1 is 1.33 bits per heavy atom. The van der Waals surface area contributed by atoms with Crippen molar-refractivity contribution in [2.24, 2.45) is 5.73 Å². The van der Waals surface area contributed by atoms with Gasteiger partial charge in [0.2, 0.25) is 0 Å². The van der Waals surface area contributed by atoms with E-state index in [9.17, 15) is 8.78 Å². The summed E-state index contributed by atoms with van der Waals surface area (Å²) in [4.78, 5) is 0. The van der Waals surface area contributed by atoms with Gasteiger partial charge in [0, 0.05) is 16.1 Å². The lowest BCUT2D eigenvalue weighted by molar-refractivity contribution is 0.535. The third-order valence-corrected chi connectivity index (χ3v) is 1.96. The Morgan fingerprint density at radius 2 is 1.75 bits per heavy atom. The van der Waals surface area contributed by atoms with E-state index in [-0.39, 0.29) is 5.56 Å². The van der Waals surface area contributed by atoms with Gasteiger partial charge in [-0.15, -0.1) is 0 Å². The van der Waals surface area contributed by atoms with Crippen molar-refractivity contribution in [3.8, 4) is 0 Å². The van der Waals surface area contributed by atoms with E-state index in [4.69, 9.17) is 5.73 Å². The normalized spacial score (nSPS) is 13.1. The molecule has 0 saturated heterocycles. The average Bonchev–Trinajstić information content (AvgIpc) is 1.82. The van der Waals surface area contributed by atoms with E-state index in [1.165, 1.54) is 19.1 Å². The van der Waals surface area contributed by atoms with Gasteiger partial charge in [-0.1, -0.05) is 15.9 Å². The monoisotopic (exact) mass is 235 g/mol. The molecule has 1 rings (SSSR count). The minimum absolute atomic E-state index is 0.0711. The van der Waals surface area contributed by atoms with Crippen LogP contribution in [-0.4, -0.2) is 0 Å². The van der Waals surface area contributed by atoms with Gasteiger partial charge in [0.05, 0.1) is 0 Å². The quantitative estimate of drug-likeness (QED) is 0.797. The molecule has 0 aromatic heterocycles. The van der Waals surface area contributed by atoms with Gasteiger partial charge in [-0.2, -0.15) is 0 Å². The molecule has 0 aliphatic carbocycles. The zero-order valence-corrected chi connectivity index (χ0v) is 8.03. The summed E-state index contributed by atoms with van der Waals surface area (Å²) in [7, 11) is 0. The predicted molar refractivity (Wildman–Crippen MR) is 46.7 cm³/mol. The fourth-order valence-corrected chi connectivity index (χ4v) is 1.39. The summed E-state index contributed by atoms with van der Waals surface area (Å²) < 4.78 is 26.4. The van der Waals surface area contributed by atoms with Gasteiger partial charge in [-0.25, -0.2) is 8.78 Å². The maximum absolute atomic E-state index is 13.0. The van der Waals surface area contributed by atoms with Crippen molar-refractivity contribution in [2.45, 2.75) is 13.0 Å². The first-order valence-electron chi connectivity index (χ1n) is 3.42. The van der Waals surface area contributed by atoms with Gasteiger partial charge in [0.15, 0.2) is 0 Å². The highest BCUT2D eigenvalue weighted by Gasteiger charge is 2.13. The zero-order valence-electron chi connectivity index (χ0n) is 6.44. The van der Waals surface area contributed by atoms with Crippen molar-refractivity contribution in [1.82, 2.24) is 0 Å². The summed E-state index contributed by atoms with van der Waals surface area (Å²) in [5, 5.41) is 0. The Hall–Kier alpha value is -0.480. The molecule has 1 aromatic carbocycles. The Labute approximate surface area is 77.7 Å². The summed E-state index contributed by atoms with van der Waals surface area (Å²) in [5.41, 5.74) is 5.30. The molecule has 1 aromatic rings. The van der Waals surface area contributed by atoms with Gasteiger partial charge in [0.25, 0.3) is 0 Å². The van der Waals surface area contributed by atoms with Crippen LogP contribution in [0, 0.1) is 11.6 Å². The number of nitrogens with two attached hydrogens (primary N) is 1. The lowest BCUT2D eigenvalue weighted by Crippen LogP contribution is -2.10. The van der Waals surface area contributed by atoms with E-state index in [0.717, 1.165) is 0 Å². The van der Waals surface area contributed by atoms with Crippen LogP contribution in [0.25, 0.3) is 0 Å². The Kier molecular flexibility index (Phi) is 2.80. The summed E-state index contributed by atoms with van der Waals surface area (Å²) >= 11 is 2.98. The minimum Gasteiger partial charge on any atom is -0.324 e. The molecule has 2 N–H and O–H groups in total. The fraction of sp³-hybridized carbons (Fsp3) is 0.250. The van der Waals surface area contributed by atoms with Crippen LogP contribution in [-0.2, 0) is 0 Å². The second kappa shape index (κ2) is 3.49. The van der Waals surface area contributed by atoms with Gasteiger partial charge in [-0.3, -0.25) is 0 Å². The summed E-state index contributed by atoms with van der Waals surface area (Å²) in [6, 6.07) is 1.77. The lowest BCUT2D eigenvalue weighted by atomic mass is 10.1. The molecule has 0 spiro atoms. The lowest BCUT2D eigenvalue weighted by Gasteiger charge is -2.08. The van der Waals surface area contributed by atoms with Crippen LogP contribution in [0.1, 0.15) is 18.5 Å². The summed E-state index contributed by atoms with van der Waals surface area (Å²) in [5.74, 6) is -1.23. The van der Waals surface area contributed by atoms with Crippen LogP contribution in [0.3, 0.4) is 0 Å². The van der Waals surface area contributed by atoms with Gasteiger partial charge in [-0.05, 0) is 19.1 Å². The maximum atomic E-state index is 13.0. The van der Waals surface area contributed by atoms with Crippen molar-refractivity contribution >= 4 is 15.9 Å². The molecule has 12 heavy (non-hydrogen) atoms. The van der Waals surface area contributed by atoms with Crippen molar-refractivity contribution in [3.63, 3.8) is 0 Å². The SMILES string of the molecule is CC(N)c1c(F)cc(Br)cc1F. The smallest absolute Gasteiger partial charge is 0.132 e. The van der Waals surface area contributed by atoms with Crippen molar-refractivity contribution < 1.29 is 8.78 Å². The highest BCUT2D eigenvalue weighted by atomic mass is 79.9. The first-order chi connectivity index (χ1) is 5.52. The second-order valence-corrected chi connectivity index (χ2v) is 3.49. The van der Waals surface area contributed by atoms with Gasteiger partial charge >= 0.3 is 0 Å². The number of benzene rings is 1. The van der Waals surface area contributed by atoms with E-state index < -0.39 is 17.7 Å². The average molecular weight is 236 g/mol. The third-order valence-electron chi connectivity index (χ3n) is 1.50. The molecule has 0 saturated carbocycles.